The van der Waals surface area contributed by atoms with E-state index in [1.54, 1.807) is 11.8 Å². The molecular formula is C31H29N3OS. The van der Waals surface area contributed by atoms with Crippen LogP contribution in [0.25, 0.3) is 33.3 Å². The molecule has 1 aromatic heterocycles. The predicted molar refractivity (Wildman–Crippen MR) is 150 cm³/mol. The molecule has 0 radical (unpaired) electrons. The number of nitrogens with zero attached hydrogens (tertiary/aromatic N) is 2. The smallest absolute Gasteiger partial charge is 0.251 e. The first-order chi connectivity index (χ1) is 17.8. The Morgan fingerprint density at radius 2 is 1.50 bits per heavy atom. The summed E-state index contributed by atoms with van der Waals surface area (Å²) in [5.74, 6) is 0.693. The number of imidazole rings is 1. The average Bonchev–Trinajstić information content (AvgIpc) is 3.30. The van der Waals surface area contributed by atoms with Gasteiger partial charge in [0, 0.05) is 35.5 Å². The van der Waals surface area contributed by atoms with Crippen molar-refractivity contribution in [1.82, 2.24) is 14.9 Å². The van der Waals surface area contributed by atoms with E-state index in [-0.39, 0.29) is 5.91 Å². The van der Waals surface area contributed by atoms with Crippen LogP contribution in [0.5, 0.6) is 0 Å². The molecule has 0 aliphatic heterocycles. The normalized spacial score (nSPS) is 11.0. The maximum atomic E-state index is 12.9. The molecule has 5 heteroatoms. The lowest BCUT2D eigenvalue weighted by Crippen LogP contribution is -2.26. The van der Waals surface area contributed by atoms with Gasteiger partial charge in [0.1, 0.15) is 0 Å². The molecule has 0 saturated carbocycles. The summed E-state index contributed by atoms with van der Waals surface area (Å²) in [7, 11) is 0. The standard InChI is InChI=1S/C31H29N3OS/c1-2-21-34-29(25-15-7-4-8-16-25)28(24-13-5-3-6-14-24)33-31(34)36-22-20-32-30(35)27-19-11-17-23-12-9-10-18-26(23)27/h3-19H,2,20-22H2,1H3,(H,32,35). The third-order valence-corrected chi connectivity index (χ3v) is 7.11. The second kappa shape index (κ2) is 11.3. The Morgan fingerprint density at radius 1 is 0.833 bits per heavy atom. The van der Waals surface area contributed by atoms with E-state index in [1.807, 2.05) is 54.6 Å². The summed E-state index contributed by atoms with van der Waals surface area (Å²) in [5, 5.41) is 6.13. The van der Waals surface area contributed by atoms with E-state index in [1.165, 1.54) is 0 Å². The zero-order valence-corrected chi connectivity index (χ0v) is 21.2. The SMILES string of the molecule is CCCn1c(SCCNC(=O)c2cccc3ccccc23)nc(-c2ccccc2)c1-c1ccccc1. The van der Waals surface area contributed by atoms with Crippen molar-refractivity contribution < 1.29 is 4.79 Å². The zero-order valence-electron chi connectivity index (χ0n) is 20.4. The summed E-state index contributed by atoms with van der Waals surface area (Å²) in [6.45, 7) is 3.64. The van der Waals surface area contributed by atoms with Crippen molar-refractivity contribution in [3.63, 3.8) is 0 Å². The summed E-state index contributed by atoms with van der Waals surface area (Å²) in [4.78, 5) is 18.0. The minimum atomic E-state index is -0.0424. The lowest BCUT2D eigenvalue weighted by Gasteiger charge is -2.12. The molecule has 1 heterocycles. The average molecular weight is 492 g/mol. The van der Waals surface area contributed by atoms with Crippen molar-refractivity contribution in [2.24, 2.45) is 0 Å². The monoisotopic (exact) mass is 491 g/mol. The quantitative estimate of drug-likeness (QED) is 0.174. The van der Waals surface area contributed by atoms with Crippen LogP contribution in [0.3, 0.4) is 0 Å². The predicted octanol–water partition coefficient (Wildman–Crippen LogP) is 7.30. The van der Waals surface area contributed by atoms with Crippen molar-refractivity contribution >= 4 is 28.4 Å². The summed E-state index contributed by atoms with van der Waals surface area (Å²) in [6.07, 6.45) is 1.01. The van der Waals surface area contributed by atoms with Crippen molar-refractivity contribution in [2.45, 2.75) is 25.0 Å². The van der Waals surface area contributed by atoms with Crippen LogP contribution in [0.4, 0.5) is 0 Å². The molecule has 1 amide bonds. The summed E-state index contributed by atoms with van der Waals surface area (Å²) in [6, 6.07) is 34.7. The molecule has 0 bridgehead atoms. The Balaban J connectivity index is 1.37. The molecule has 0 spiro atoms. The Hall–Kier alpha value is -3.83. The number of carbonyl (C=O) groups is 1. The van der Waals surface area contributed by atoms with Crippen LogP contribution in [0.15, 0.2) is 108 Å². The van der Waals surface area contributed by atoms with Crippen molar-refractivity contribution in [1.29, 1.82) is 0 Å². The molecule has 5 rings (SSSR count). The van der Waals surface area contributed by atoms with Gasteiger partial charge in [-0.1, -0.05) is 116 Å². The van der Waals surface area contributed by atoms with Crippen LogP contribution in [0, 0.1) is 0 Å². The van der Waals surface area contributed by atoms with Crippen LogP contribution in [-0.2, 0) is 6.54 Å². The number of amides is 1. The second-order valence-corrected chi connectivity index (χ2v) is 9.67. The molecule has 4 aromatic carbocycles. The van der Waals surface area contributed by atoms with Gasteiger partial charge in [0.15, 0.2) is 5.16 Å². The van der Waals surface area contributed by atoms with Gasteiger partial charge in [0.05, 0.1) is 11.4 Å². The van der Waals surface area contributed by atoms with E-state index >= 15 is 0 Å². The topological polar surface area (TPSA) is 46.9 Å². The highest BCUT2D eigenvalue weighted by Gasteiger charge is 2.20. The first-order valence-corrected chi connectivity index (χ1v) is 13.3. The summed E-state index contributed by atoms with van der Waals surface area (Å²) >= 11 is 1.69. The van der Waals surface area contributed by atoms with E-state index < -0.39 is 0 Å². The molecule has 5 aromatic rings. The minimum absolute atomic E-state index is 0.0424. The lowest BCUT2D eigenvalue weighted by molar-refractivity contribution is 0.0958. The number of rotatable bonds is 9. The van der Waals surface area contributed by atoms with Crippen molar-refractivity contribution in [2.75, 3.05) is 12.3 Å². The summed E-state index contributed by atoms with van der Waals surface area (Å²) < 4.78 is 2.33. The molecular weight excluding hydrogens is 462 g/mol. The number of benzene rings is 4. The van der Waals surface area contributed by atoms with E-state index in [0.717, 1.165) is 57.2 Å². The van der Waals surface area contributed by atoms with Gasteiger partial charge in [-0.15, -0.1) is 0 Å². The fourth-order valence-electron chi connectivity index (χ4n) is 4.49. The number of nitrogens with one attached hydrogen (secondary N) is 1. The number of thioether (sulfide) groups is 1. The third-order valence-electron chi connectivity index (χ3n) is 6.13. The number of hydrogen-bond donors (Lipinski definition) is 1. The number of hydrogen-bond acceptors (Lipinski definition) is 3. The molecule has 180 valence electrons. The molecule has 0 aliphatic rings. The number of aromatic nitrogens is 2. The molecule has 0 atom stereocenters. The van der Waals surface area contributed by atoms with Gasteiger partial charge in [-0.05, 0) is 23.3 Å². The van der Waals surface area contributed by atoms with Gasteiger partial charge in [0.2, 0.25) is 0 Å². The Morgan fingerprint density at radius 3 is 2.25 bits per heavy atom. The lowest BCUT2D eigenvalue weighted by atomic mass is 10.0. The third kappa shape index (κ3) is 5.07. The van der Waals surface area contributed by atoms with Crippen molar-refractivity contribution in [3.05, 3.63) is 109 Å². The number of carbonyl (C=O) groups excluding carboxylic acids is 1. The number of fused-ring (bicyclic) bond motifs is 1. The van der Waals surface area contributed by atoms with E-state index in [2.05, 4.69) is 65.3 Å². The highest BCUT2D eigenvalue weighted by molar-refractivity contribution is 7.99. The largest absolute Gasteiger partial charge is 0.351 e. The van der Waals surface area contributed by atoms with Gasteiger partial charge < -0.3 is 9.88 Å². The fourth-order valence-corrected chi connectivity index (χ4v) is 5.37. The first kappa shape index (κ1) is 23.9. The minimum Gasteiger partial charge on any atom is -0.351 e. The van der Waals surface area contributed by atoms with Gasteiger partial charge in [-0.25, -0.2) is 4.98 Å². The molecule has 36 heavy (non-hydrogen) atoms. The second-order valence-electron chi connectivity index (χ2n) is 8.61. The molecule has 0 unspecified atom stereocenters. The zero-order chi connectivity index (χ0) is 24.7. The fraction of sp³-hybridized carbons (Fsp3) is 0.161. The van der Waals surface area contributed by atoms with Crippen LogP contribution in [-0.4, -0.2) is 27.8 Å². The van der Waals surface area contributed by atoms with Crippen LogP contribution >= 0.6 is 11.8 Å². The summed E-state index contributed by atoms with van der Waals surface area (Å²) in [5.41, 5.74) is 5.12. The van der Waals surface area contributed by atoms with Gasteiger partial charge >= 0.3 is 0 Å². The maximum absolute atomic E-state index is 12.9. The molecule has 0 saturated heterocycles. The van der Waals surface area contributed by atoms with Gasteiger partial charge in [0.25, 0.3) is 5.91 Å². The molecule has 0 aliphatic carbocycles. The maximum Gasteiger partial charge on any atom is 0.251 e. The Labute approximate surface area is 216 Å². The van der Waals surface area contributed by atoms with E-state index in [4.69, 9.17) is 4.98 Å². The van der Waals surface area contributed by atoms with Crippen LogP contribution in [0.1, 0.15) is 23.7 Å². The molecule has 1 N–H and O–H groups in total. The van der Waals surface area contributed by atoms with Gasteiger partial charge in [-0.3, -0.25) is 4.79 Å². The molecule has 0 fully saturated rings. The molecule has 4 nitrogen and oxygen atoms in total. The first-order valence-electron chi connectivity index (χ1n) is 12.4. The van der Waals surface area contributed by atoms with Crippen molar-refractivity contribution in [3.8, 4) is 22.5 Å². The van der Waals surface area contributed by atoms with E-state index in [9.17, 15) is 4.79 Å². The van der Waals surface area contributed by atoms with E-state index in [0.29, 0.717) is 12.1 Å². The van der Waals surface area contributed by atoms with Gasteiger partial charge in [-0.2, -0.15) is 0 Å². The van der Waals surface area contributed by atoms with Crippen LogP contribution in [0.2, 0.25) is 0 Å². The highest BCUT2D eigenvalue weighted by Crippen LogP contribution is 2.36. The Bertz CT molecular complexity index is 1460. The van der Waals surface area contributed by atoms with Crippen LogP contribution < -0.4 is 5.32 Å². The Kier molecular flexibility index (Phi) is 7.48. The highest BCUT2D eigenvalue weighted by atomic mass is 32.2.